The number of aromatic nitrogens is 1. The molecule has 0 atom stereocenters. The SMILES string of the molecule is O=C(Nc1ncc(C(F)(F)F)s1)NC1CCC(C(=O)O)CC1. The van der Waals surface area contributed by atoms with Gasteiger partial charge >= 0.3 is 18.2 Å². The van der Waals surface area contributed by atoms with Crippen LogP contribution in [0.15, 0.2) is 6.20 Å². The highest BCUT2D eigenvalue weighted by atomic mass is 32.1. The van der Waals surface area contributed by atoms with Crippen LogP contribution in [0.2, 0.25) is 0 Å². The third-order valence-electron chi connectivity index (χ3n) is 3.42. The number of carbonyl (C=O) groups excluding carboxylic acids is 1. The Morgan fingerprint density at radius 1 is 1.27 bits per heavy atom. The number of rotatable bonds is 3. The summed E-state index contributed by atoms with van der Waals surface area (Å²) in [4.78, 5) is 25.1. The quantitative estimate of drug-likeness (QED) is 0.791. The maximum atomic E-state index is 12.4. The Morgan fingerprint density at radius 3 is 2.41 bits per heavy atom. The van der Waals surface area contributed by atoms with Crippen LogP contribution in [-0.4, -0.2) is 28.1 Å². The van der Waals surface area contributed by atoms with Gasteiger partial charge in [-0.25, -0.2) is 9.78 Å². The van der Waals surface area contributed by atoms with Crippen LogP contribution >= 0.6 is 11.3 Å². The first-order chi connectivity index (χ1) is 10.3. The zero-order valence-corrected chi connectivity index (χ0v) is 12.1. The zero-order valence-electron chi connectivity index (χ0n) is 11.3. The van der Waals surface area contributed by atoms with Gasteiger partial charge in [0.2, 0.25) is 0 Å². The maximum Gasteiger partial charge on any atom is 0.427 e. The van der Waals surface area contributed by atoms with Gasteiger partial charge in [-0.15, -0.1) is 0 Å². The normalized spacial score (nSPS) is 22.1. The standard InChI is InChI=1S/C12H14F3N3O3S/c13-12(14,15)8-5-16-11(22-8)18-10(21)17-7-3-1-6(2-4-7)9(19)20/h5-7H,1-4H2,(H,19,20)(H2,16,17,18,21). The highest BCUT2D eigenvalue weighted by molar-refractivity contribution is 7.15. The maximum absolute atomic E-state index is 12.4. The Labute approximate surface area is 127 Å². The number of carbonyl (C=O) groups is 2. The average Bonchev–Trinajstić information content (AvgIpc) is 2.87. The number of hydrogen-bond donors (Lipinski definition) is 3. The highest BCUT2D eigenvalue weighted by Gasteiger charge is 2.33. The molecule has 0 radical (unpaired) electrons. The van der Waals surface area contributed by atoms with Crippen molar-refractivity contribution in [2.75, 3.05) is 5.32 Å². The summed E-state index contributed by atoms with van der Waals surface area (Å²) in [6.07, 6.45) is -1.83. The number of thiazole rings is 1. The van der Waals surface area contributed by atoms with Crippen molar-refractivity contribution in [1.29, 1.82) is 0 Å². The molecule has 1 aliphatic carbocycles. The molecule has 0 aromatic carbocycles. The van der Waals surface area contributed by atoms with Crippen molar-refractivity contribution < 1.29 is 27.9 Å². The molecular formula is C12H14F3N3O3S. The molecule has 3 N–H and O–H groups in total. The van der Waals surface area contributed by atoms with Crippen molar-refractivity contribution in [1.82, 2.24) is 10.3 Å². The second kappa shape index (κ2) is 6.51. The second-order valence-electron chi connectivity index (χ2n) is 5.01. The van der Waals surface area contributed by atoms with E-state index in [1.54, 1.807) is 0 Å². The molecule has 1 saturated carbocycles. The summed E-state index contributed by atoms with van der Waals surface area (Å²) in [7, 11) is 0. The fraction of sp³-hybridized carbons (Fsp3) is 0.583. The van der Waals surface area contributed by atoms with Gasteiger partial charge in [-0.1, -0.05) is 11.3 Å². The second-order valence-corrected chi connectivity index (χ2v) is 6.04. The number of amides is 2. The molecule has 10 heteroatoms. The number of hydrogen-bond acceptors (Lipinski definition) is 4. The van der Waals surface area contributed by atoms with Gasteiger partial charge in [-0.05, 0) is 25.7 Å². The molecule has 1 heterocycles. The molecule has 1 aliphatic rings. The Balaban J connectivity index is 1.81. The Hall–Kier alpha value is -1.84. The molecule has 0 unspecified atom stereocenters. The summed E-state index contributed by atoms with van der Waals surface area (Å²) < 4.78 is 37.2. The number of carboxylic acids is 1. The van der Waals surface area contributed by atoms with Gasteiger partial charge in [0.1, 0.15) is 4.88 Å². The molecular weight excluding hydrogens is 323 g/mol. The summed E-state index contributed by atoms with van der Waals surface area (Å²) in [5.74, 6) is -1.24. The van der Waals surface area contributed by atoms with Gasteiger partial charge in [-0.2, -0.15) is 13.2 Å². The largest absolute Gasteiger partial charge is 0.481 e. The highest BCUT2D eigenvalue weighted by Crippen LogP contribution is 2.35. The van der Waals surface area contributed by atoms with Crippen molar-refractivity contribution in [3.05, 3.63) is 11.1 Å². The molecule has 1 aromatic rings. The van der Waals surface area contributed by atoms with E-state index in [-0.39, 0.29) is 11.2 Å². The molecule has 1 aromatic heterocycles. The van der Waals surface area contributed by atoms with Crippen LogP contribution in [0.3, 0.4) is 0 Å². The van der Waals surface area contributed by atoms with Crippen LogP contribution in [0.1, 0.15) is 30.6 Å². The fourth-order valence-electron chi connectivity index (χ4n) is 2.27. The van der Waals surface area contributed by atoms with E-state index in [2.05, 4.69) is 15.6 Å². The minimum absolute atomic E-state index is 0.135. The minimum Gasteiger partial charge on any atom is -0.481 e. The lowest BCUT2D eigenvalue weighted by atomic mass is 9.86. The number of aliphatic carboxylic acids is 1. The van der Waals surface area contributed by atoms with E-state index < -0.39 is 29.0 Å². The lowest BCUT2D eigenvalue weighted by molar-refractivity contribution is -0.142. The first-order valence-electron chi connectivity index (χ1n) is 6.59. The van der Waals surface area contributed by atoms with Crippen molar-refractivity contribution in [3.8, 4) is 0 Å². The minimum atomic E-state index is -4.48. The van der Waals surface area contributed by atoms with Gasteiger partial charge in [-0.3, -0.25) is 10.1 Å². The van der Waals surface area contributed by atoms with E-state index in [4.69, 9.17) is 5.11 Å². The number of halogens is 3. The van der Waals surface area contributed by atoms with Gasteiger partial charge in [0, 0.05) is 6.04 Å². The van der Waals surface area contributed by atoms with Crippen LogP contribution in [-0.2, 0) is 11.0 Å². The van der Waals surface area contributed by atoms with E-state index in [0.717, 1.165) is 0 Å². The Bertz CT molecular complexity index is 553. The number of anilines is 1. The molecule has 2 rings (SSSR count). The topological polar surface area (TPSA) is 91.3 Å². The van der Waals surface area contributed by atoms with Crippen molar-refractivity contribution in [2.24, 2.45) is 5.92 Å². The van der Waals surface area contributed by atoms with E-state index in [0.29, 0.717) is 43.2 Å². The summed E-state index contributed by atoms with van der Waals surface area (Å²) in [5, 5.41) is 13.6. The number of urea groups is 1. The summed E-state index contributed by atoms with van der Waals surface area (Å²) in [6.45, 7) is 0. The number of nitrogens with zero attached hydrogens (tertiary/aromatic N) is 1. The van der Waals surface area contributed by atoms with Gasteiger partial charge in [0.25, 0.3) is 0 Å². The van der Waals surface area contributed by atoms with E-state index >= 15 is 0 Å². The van der Waals surface area contributed by atoms with E-state index in [1.807, 2.05) is 0 Å². The first kappa shape index (κ1) is 16.5. The van der Waals surface area contributed by atoms with Crippen molar-refractivity contribution in [3.63, 3.8) is 0 Å². The van der Waals surface area contributed by atoms with Gasteiger partial charge < -0.3 is 10.4 Å². The summed E-state index contributed by atoms with van der Waals surface area (Å²) >= 11 is 0.349. The average molecular weight is 337 g/mol. The van der Waals surface area contributed by atoms with E-state index in [9.17, 15) is 22.8 Å². The molecule has 122 valence electrons. The zero-order chi connectivity index (χ0) is 16.3. The third-order valence-corrected chi connectivity index (χ3v) is 4.37. The summed E-state index contributed by atoms with van der Waals surface area (Å²) in [6, 6.07) is -0.820. The molecule has 0 saturated heterocycles. The molecule has 0 bridgehead atoms. The molecule has 2 amide bonds. The molecule has 0 spiro atoms. The monoisotopic (exact) mass is 337 g/mol. The van der Waals surface area contributed by atoms with Crippen molar-refractivity contribution in [2.45, 2.75) is 37.9 Å². The van der Waals surface area contributed by atoms with Crippen LogP contribution < -0.4 is 10.6 Å². The number of alkyl halides is 3. The molecule has 0 aliphatic heterocycles. The lowest BCUT2D eigenvalue weighted by Crippen LogP contribution is -2.40. The molecule has 1 fully saturated rings. The van der Waals surface area contributed by atoms with Crippen LogP contribution in [0.4, 0.5) is 23.1 Å². The smallest absolute Gasteiger partial charge is 0.427 e. The van der Waals surface area contributed by atoms with Gasteiger partial charge in [0.15, 0.2) is 5.13 Å². The van der Waals surface area contributed by atoms with Crippen LogP contribution in [0.5, 0.6) is 0 Å². The number of nitrogens with one attached hydrogen (secondary N) is 2. The predicted octanol–water partition coefficient (Wildman–Crippen LogP) is 2.93. The Kier molecular flexibility index (Phi) is 4.89. The number of carboxylic acid groups (broad SMARTS) is 1. The van der Waals surface area contributed by atoms with E-state index in [1.165, 1.54) is 0 Å². The predicted molar refractivity (Wildman–Crippen MR) is 72.7 cm³/mol. The van der Waals surface area contributed by atoms with Crippen LogP contribution in [0, 0.1) is 5.92 Å². The van der Waals surface area contributed by atoms with Crippen LogP contribution in [0.25, 0.3) is 0 Å². The molecule has 22 heavy (non-hydrogen) atoms. The molecule has 6 nitrogen and oxygen atoms in total. The fourth-order valence-corrected chi connectivity index (χ4v) is 2.94. The van der Waals surface area contributed by atoms with Crippen molar-refractivity contribution >= 4 is 28.5 Å². The third kappa shape index (κ3) is 4.33. The van der Waals surface area contributed by atoms with Gasteiger partial charge in [0.05, 0.1) is 12.1 Å². The Morgan fingerprint density at radius 2 is 1.91 bits per heavy atom. The first-order valence-corrected chi connectivity index (χ1v) is 7.40. The summed E-state index contributed by atoms with van der Waals surface area (Å²) in [5.41, 5.74) is 0. The lowest BCUT2D eigenvalue weighted by Gasteiger charge is -2.26.